The first-order valence-electron chi connectivity index (χ1n) is 20.6. The standard InChI is InChI=1S/C42H67FN5O6P/c1-4-5-6-7-8-9-10-11-12-13-14-15-16-17-18-19-20-21-22-39(52-31-36-27-35(30-44)28-37(43)29-36)32-53-55(49,50)54-33-42(2,51-3)26-25-38-23-24-40-41(45)46-34-47-48(38)40/h23-24,27-29,34,39H,4-22,25-26,31-33H2,1-3H3,(H,49,50)(H2,45,46,47)/t39-,42-/m0/s1. The Kier molecular flexibility index (Phi) is 22.0. The molecule has 0 radical (unpaired) electrons. The number of aromatic nitrogens is 3. The van der Waals surface area contributed by atoms with E-state index in [1.54, 1.807) is 17.5 Å². The number of anilines is 1. The molecule has 0 bridgehead atoms. The molecule has 55 heavy (non-hydrogen) atoms. The van der Waals surface area contributed by atoms with Crippen LogP contribution in [-0.4, -0.2) is 51.5 Å². The van der Waals surface area contributed by atoms with E-state index >= 15 is 0 Å². The Morgan fingerprint density at radius 1 is 0.927 bits per heavy atom. The van der Waals surface area contributed by atoms with Gasteiger partial charge in [-0.25, -0.2) is 18.5 Å². The Labute approximate surface area is 329 Å². The molecule has 0 saturated heterocycles. The van der Waals surface area contributed by atoms with Crippen molar-refractivity contribution in [3.8, 4) is 6.07 Å². The molecule has 3 rings (SSSR count). The smallest absolute Gasteiger partial charge is 0.382 e. The first kappa shape index (κ1) is 46.5. The summed E-state index contributed by atoms with van der Waals surface area (Å²) >= 11 is 0. The van der Waals surface area contributed by atoms with Crippen LogP contribution in [0.5, 0.6) is 0 Å². The number of ether oxygens (including phenoxy) is 2. The maximum atomic E-state index is 14.1. The summed E-state index contributed by atoms with van der Waals surface area (Å²) in [6, 6.07) is 9.77. The summed E-state index contributed by atoms with van der Waals surface area (Å²) in [5, 5.41) is 13.5. The molecule has 1 unspecified atom stereocenters. The number of halogens is 1. The molecule has 13 heteroatoms. The molecule has 3 atom stereocenters. The van der Waals surface area contributed by atoms with E-state index in [-0.39, 0.29) is 25.4 Å². The van der Waals surface area contributed by atoms with E-state index < -0.39 is 25.3 Å². The molecule has 0 aliphatic heterocycles. The van der Waals surface area contributed by atoms with Gasteiger partial charge in [-0.3, -0.25) is 9.05 Å². The third kappa shape index (κ3) is 18.7. The highest BCUT2D eigenvalue weighted by Crippen LogP contribution is 2.45. The fraction of sp³-hybridized carbons (Fsp3) is 0.690. The van der Waals surface area contributed by atoms with Crippen molar-refractivity contribution < 1.29 is 32.4 Å². The van der Waals surface area contributed by atoms with Crippen LogP contribution < -0.4 is 5.73 Å². The summed E-state index contributed by atoms with van der Waals surface area (Å²) in [6.45, 7) is 3.72. The Morgan fingerprint density at radius 3 is 2.11 bits per heavy atom. The number of methoxy groups -OCH3 is 1. The van der Waals surface area contributed by atoms with Gasteiger partial charge in [-0.05, 0) is 62.1 Å². The highest BCUT2D eigenvalue weighted by Gasteiger charge is 2.31. The van der Waals surface area contributed by atoms with Crippen LogP contribution in [0, 0.1) is 17.1 Å². The zero-order valence-electron chi connectivity index (χ0n) is 33.7. The van der Waals surface area contributed by atoms with Gasteiger partial charge in [-0.2, -0.15) is 10.4 Å². The van der Waals surface area contributed by atoms with Crippen molar-refractivity contribution in [3.63, 3.8) is 0 Å². The van der Waals surface area contributed by atoms with E-state index in [9.17, 15) is 19.1 Å². The maximum absolute atomic E-state index is 14.1. The van der Waals surface area contributed by atoms with Crippen LogP contribution in [0.25, 0.3) is 5.52 Å². The highest BCUT2D eigenvalue weighted by molar-refractivity contribution is 7.47. The van der Waals surface area contributed by atoms with Crippen LogP contribution in [0.2, 0.25) is 0 Å². The number of rotatable bonds is 32. The van der Waals surface area contributed by atoms with Gasteiger partial charge in [-0.15, -0.1) is 0 Å². The monoisotopic (exact) mass is 787 g/mol. The van der Waals surface area contributed by atoms with Gasteiger partial charge in [0.15, 0.2) is 5.82 Å². The van der Waals surface area contributed by atoms with Crippen LogP contribution in [-0.2, 0) is 36.1 Å². The van der Waals surface area contributed by atoms with E-state index in [0.29, 0.717) is 36.2 Å². The average Bonchev–Trinajstić information content (AvgIpc) is 3.60. The molecule has 2 aromatic heterocycles. The van der Waals surface area contributed by atoms with E-state index in [1.165, 1.54) is 122 Å². The Bertz CT molecular complexity index is 1600. The van der Waals surface area contributed by atoms with Gasteiger partial charge in [0.2, 0.25) is 0 Å². The van der Waals surface area contributed by atoms with Gasteiger partial charge < -0.3 is 20.1 Å². The van der Waals surface area contributed by atoms with Crippen molar-refractivity contribution >= 4 is 19.2 Å². The first-order chi connectivity index (χ1) is 26.6. The molecule has 0 saturated carbocycles. The zero-order chi connectivity index (χ0) is 39.8. The minimum absolute atomic E-state index is 0.0306. The van der Waals surface area contributed by atoms with Crippen LogP contribution in [0.1, 0.15) is 159 Å². The van der Waals surface area contributed by atoms with E-state index in [2.05, 4.69) is 17.0 Å². The molecular formula is C42H67FN5O6P. The number of aryl methyl sites for hydroxylation is 1. The number of nitrogens with zero attached hydrogens (tertiary/aromatic N) is 4. The Morgan fingerprint density at radius 2 is 1.53 bits per heavy atom. The molecule has 0 aliphatic carbocycles. The normalized spacial score (nSPS) is 14.5. The van der Waals surface area contributed by atoms with Crippen molar-refractivity contribution in [2.24, 2.45) is 0 Å². The molecule has 0 fully saturated rings. The van der Waals surface area contributed by atoms with Gasteiger partial charge in [-0.1, -0.05) is 122 Å². The fourth-order valence-corrected chi connectivity index (χ4v) is 7.62. The fourth-order valence-electron chi connectivity index (χ4n) is 6.76. The number of nitrogens with two attached hydrogens (primary N) is 1. The largest absolute Gasteiger partial charge is 0.472 e. The topological polar surface area (TPSA) is 154 Å². The lowest BCUT2D eigenvalue weighted by molar-refractivity contribution is -0.0495. The maximum Gasteiger partial charge on any atom is 0.472 e. The third-order valence-corrected chi connectivity index (χ3v) is 11.3. The summed E-state index contributed by atoms with van der Waals surface area (Å²) < 4.78 is 51.5. The zero-order valence-corrected chi connectivity index (χ0v) is 34.6. The average molecular weight is 788 g/mol. The molecule has 308 valence electrons. The summed E-state index contributed by atoms with van der Waals surface area (Å²) in [5.74, 6) is -0.145. The number of benzene rings is 1. The lowest BCUT2D eigenvalue weighted by Gasteiger charge is -2.29. The van der Waals surface area contributed by atoms with E-state index in [1.807, 2.05) is 18.2 Å². The van der Waals surface area contributed by atoms with Crippen molar-refractivity contribution in [2.75, 3.05) is 26.1 Å². The number of hydrogen-bond donors (Lipinski definition) is 2. The van der Waals surface area contributed by atoms with Crippen molar-refractivity contribution in [1.29, 1.82) is 5.26 Å². The Hall–Kier alpha value is -2.91. The van der Waals surface area contributed by atoms with Crippen LogP contribution in [0.15, 0.2) is 36.7 Å². The van der Waals surface area contributed by atoms with Gasteiger partial charge in [0.25, 0.3) is 0 Å². The summed E-state index contributed by atoms with van der Waals surface area (Å²) in [6.07, 6.45) is 25.5. The summed E-state index contributed by atoms with van der Waals surface area (Å²) in [4.78, 5) is 14.7. The molecule has 3 N–H and O–H groups in total. The van der Waals surface area contributed by atoms with Crippen LogP contribution >= 0.6 is 7.82 Å². The lowest BCUT2D eigenvalue weighted by Crippen LogP contribution is -2.34. The second kappa shape index (κ2) is 26.1. The van der Waals surface area contributed by atoms with Gasteiger partial charge in [0.05, 0.1) is 43.2 Å². The predicted molar refractivity (Wildman–Crippen MR) is 216 cm³/mol. The van der Waals surface area contributed by atoms with Crippen LogP contribution in [0.4, 0.5) is 10.2 Å². The molecule has 1 aromatic carbocycles. The number of fused-ring (bicyclic) bond motifs is 1. The molecular weight excluding hydrogens is 720 g/mol. The number of phosphoric acid groups is 1. The molecule has 0 spiro atoms. The SMILES string of the molecule is CCCCCCCCCCCCCCCCCCCC[C@@H](COP(=O)(O)OC[C@](C)(CCc1ccc2c(N)ncnn12)OC)OCc1cc(F)cc(C#N)c1. The van der Waals surface area contributed by atoms with E-state index in [4.69, 9.17) is 24.3 Å². The molecule has 3 aromatic rings. The number of phosphoric ester groups is 1. The molecule has 0 aliphatic rings. The summed E-state index contributed by atoms with van der Waals surface area (Å²) in [5.41, 5.74) is 7.34. The molecule has 11 nitrogen and oxygen atoms in total. The third-order valence-electron chi connectivity index (χ3n) is 10.4. The lowest BCUT2D eigenvalue weighted by atomic mass is 10.00. The molecule has 2 heterocycles. The van der Waals surface area contributed by atoms with Gasteiger partial charge in [0, 0.05) is 12.8 Å². The van der Waals surface area contributed by atoms with Gasteiger partial charge >= 0.3 is 7.82 Å². The number of unbranched alkanes of at least 4 members (excludes halogenated alkanes) is 17. The van der Waals surface area contributed by atoms with E-state index in [0.717, 1.165) is 25.0 Å². The van der Waals surface area contributed by atoms with Crippen molar-refractivity contribution in [3.05, 3.63) is 59.3 Å². The minimum atomic E-state index is -4.49. The molecule has 0 amide bonds. The second-order valence-corrected chi connectivity index (χ2v) is 16.6. The predicted octanol–water partition coefficient (Wildman–Crippen LogP) is 10.8. The second-order valence-electron chi connectivity index (χ2n) is 15.2. The highest BCUT2D eigenvalue weighted by atomic mass is 31.2. The van der Waals surface area contributed by atoms with Crippen LogP contribution in [0.3, 0.4) is 0 Å². The Balaban J connectivity index is 1.38. The number of nitrogen functional groups attached to an aromatic ring is 1. The minimum Gasteiger partial charge on any atom is -0.382 e. The van der Waals surface area contributed by atoms with Gasteiger partial charge in [0.1, 0.15) is 17.7 Å². The van der Waals surface area contributed by atoms with Crippen molar-refractivity contribution in [1.82, 2.24) is 14.6 Å². The number of hydrogen-bond acceptors (Lipinski definition) is 9. The first-order valence-corrected chi connectivity index (χ1v) is 22.1. The van der Waals surface area contributed by atoms with Crippen molar-refractivity contribution in [2.45, 2.75) is 167 Å². The summed E-state index contributed by atoms with van der Waals surface area (Å²) in [7, 11) is -2.96. The quantitative estimate of drug-likeness (QED) is 0.0461. The number of nitriles is 1.